The zero-order valence-electron chi connectivity index (χ0n) is 10.9. The van der Waals surface area contributed by atoms with Gasteiger partial charge in [0, 0.05) is 12.1 Å². The minimum absolute atomic E-state index is 0.491. The highest BCUT2D eigenvalue weighted by molar-refractivity contribution is 5.41. The van der Waals surface area contributed by atoms with Crippen LogP contribution in [0.4, 0.5) is 0 Å². The van der Waals surface area contributed by atoms with Gasteiger partial charge in [-0.25, -0.2) is 0 Å². The Hall–Kier alpha value is -1.80. The van der Waals surface area contributed by atoms with Gasteiger partial charge < -0.3 is 10.5 Å². The molecule has 2 nitrogen and oxygen atoms in total. The van der Waals surface area contributed by atoms with Crippen LogP contribution in [0.1, 0.15) is 23.6 Å². The smallest absolute Gasteiger partial charge is 0.131 e. The molecule has 0 saturated carbocycles. The lowest BCUT2D eigenvalue weighted by molar-refractivity contribution is 0.475. The molecule has 0 aliphatic heterocycles. The Kier molecular flexibility index (Phi) is 4.00. The van der Waals surface area contributed by atoms with E-state index in [1.54, 1.807) is 0 Å². The molecule has 0 aliphatic rings. The van der Waals surface area contributed by atoms with Crippen molar-refractivity contribution in [3.05, 3.63) is 59.2 Å². The summed E-state index contributed by atoms with van der Waals surface area (Å²) >= 11 is 0. The lowest BCUT2D eigenvalue weighted by Gasteiger charge is -2.11. The van der Waals surface area contributed by atoms with Crippen LogP contribution in [0.2, 0.25) is 0 Å². The van der Waals surface area contributed by atoms with Crippen molar-refractivity contribution in [2.24, 2.45) is 5.73 Å². The Balaban J connectivity index is 2.27. The molecule has 2 heteroatoms. The molecule has 94 valence electrons. The first kappa shape index (κ1) is 12.7. The number of hydrogen-bond donors (Lipinski definition) is 1. The van der Waals surface area contributed by atoms with E-state index >= 15 is 0 Å². The van der Waals surface area contributed by atoms with Gasteiger partial charge >= 0.3 is 0 Å². The maximum atomic E-state index is 5.92. The molecule has 2 aromatic rings. The van der Waals surface area contributed by atoms with Crippen molar-refractivity contribution < 1.29 is 4.74 Å². The fourth-order valence-electron chi connectivity index (χ4n) is 1.92. The van der Waals surface area contributed by atoms with Gasteiger partial charge in [0.15, 0.2) is 0 Å². The lowest BCUT2D eigenvalue weighted by Crippen LogP contribution is -2.00. The first-order chi connectivity index (χ1) is 8.72. The van der Waals surface area contributed by atoms with Crippen LogP contribution in [0.5, 0.6) is 11.5 Å². The monoisotopic (exact) mass is 241 g/mol. The summed E-state index contributed by atoms with van der Waals surface area (Å²) in [7, 11) is 0. The molecule has 0 spiro atoms. The molecule has 0 amide bonds. The number of rotatable bonds is 4. The Bertz CT molecular complexity index is 534. The quantitative estimate of drug-likeness (QED) is 0.883. The van der Waals surface area contributed by atoms with Crippen molar-refractivity contribution in [1.29, 1.82) is 0 Å². The average Bonchev–Trinajstić information content (AvgIpc) is 2.41. The highest BCUT2D eigenvalue weighted by atomic mass is 16.5. The summed E-state index contributed by atoms with van der Waals surface area (Å²) in [6, 6.07) is 14.3. The second kappa shape index (κ2) is 5.69. The van der Waals surface area contributed by atoms with Crippen molar-refractivity contribution in [2.45, 2.75) is 26.8 Å². The molecule has 2 N–H and O–H groups in total. The Morgan fingerprint density at radius 1 is 1.11 bits per heavy atom. The van der Waals surface area contributed by atoms with E-state index < -0.39 is 0 Å². The van der Waals surface area contributed by atoms with Gasteiger partial charge in [0.2, 0.25) is 0 Å². The molecule has 2 aromatic carbocycles. The van der Waals surface area contributed by atoms with Gasteiger partial charge in [0.1, 0.15) is 11.5 Å². The molecule has 0 radical (unpaired) electrons. The molecule has 2 rings (SSSR count). The van der Waals surface area contributed by atoms with Crippen molar-refractivity contribution in [3.63, 3.8) is 0 Å². The highest BCUT2D eigenvalue weighted by Gasteiger charge is 2.04. The molecule has 0 aliphatic carbocycles. The van der Waals surface area contributed by atoms with Crippen LogP contribution in [0.15, 0.2) is 42.5 Å². The Morgan fingerprint density at radius 3 is 2.67 bits per heavy atom. The molecular weight excluding hydrogens is 222 g/mol. The third-order valence-electron chi connectivity index (χ3n) is 2.97. The summed E-state index contributed by atoms with van der Waals surface area (Å²) in [5.41, 5.74) is 9.26. The standard InChI is InChI=1S/C16H19NO/c1-3-13-5-4-6-15(10-13)18-16-8-7-12(2)9-14(16)11-17/h4-10H,3,11,17H2,1-2H3. The van der Waals surface area contributed by atoms with Crippen molar-refractivity contribution in [3.8, 4) is 11.5 Å². The maximum Gasteiger partial charge on any atom is 0.131 e. The topological polar surface area (TPSA) is 35.2 Å². The van der Waals surface area contributed by atoms with E-state index in [-0.39, 0.29) is 0 Å². The van der Waals surface area contributed by atoms with E-state index in [0.29, 0.717) is 6.54 Å². The first-order valence-electron chi connectivity index (χ1n) is 6.29. The lowest BCUT2D eigenvalue weighted by atomic mass is 10.1. The van der Waals surface area contributed by atoms with Crippen LogP contribution in [-0.4, -0.2) is 0 Å². The van der Waals surface area contributed by atoms with Gasteiger partial charge in [0.25, 0.3) is 0 Å². The summed E-state index contributed by atoms with van der Waals surface area (Å²) < 4.78 is 5.92. The SMILES string of the molecule is CCc1cccc(Oc2ccc(C)cc2CN)c1. The summed E-state index contributed by atoms with van der Waals surface area (Å²) in [4.78, 5) is 0. The van der Waals surface area contributed by atoms with Gasteiger partial charge in [-0.2, -0.15) is 0 Å². The molecule has 0 bridgehead atoms. The third kappa shape index (κ3) is 2.90. The highest BCUT2D eigenvalue weighted by Crippen LogP contribution is 2.26. The Labute approximate surface area is 108 Å². The molecule has 0 aromatic heterocycles. The maximum absolute atomic E-state index is 5.92. The van der Waals surface area contributed by atoms with Crippen LogP contribution in [0.25, 0.3) is 0 Å². The summed E-state index contributed by atoms with van der Waals surface area (Å²) in [6.45, 7) is 4.68. The van der Waals surface area contributed by atoms with Gasteiger partial charge in [-0.1, -0.05) is 36.8 Å². The average molecular weight is 241 g/mol. The second-order valence-electron chi connectivity index (χ2n) is 4.42. The van der Waals surface area contributed by atoms with E-state index in [1.807, 2.05) is 24.3 Å². The molecule has 18 heavy (non-hydrogen) atoms. The van der Waals surface area contributed by atoms with Crippen molar-refractivity contribution in [1.82, 2.24) is 0 Å². The largest absolute Gasteiger partial charge is 0.457 e. The summed E-state index contributed by atoms with van der Waals surface area (Å²) in [6.07, 6.45) is 1.01. The first-order valence-corrected chi connectivity index (χ1v) is 6.29. The van der Waals surface area contributed by atoms with Crippen LogP contribution >= 0.6 is 0 Å². The summed E-state index contributed by atoms with van der Waals surface area (Å²) in [5.74, 6) is 1.71. The van der Waals surface area contributed by atoms with Gasteiger partial charge in [-0.15, -0.1) is 0 Å². The summed E-state index contributed by atoms with van der Waals surface area (Å²) in [5, 5.41) is 0. The van der Waals surface area contributed by atoms with Gasteiger partial charge in [0.05, 0.1) is 0 Å². The van der Waals surface area contributed by atoms with Crippen molar-refractivity contribution >= 4 is 0 Å². The van der Waals surface area contributed by atoms with Gasteiger partial charge in [-0.05, 0) is 37.1 Å². The molecular formula is C16H19NO. The van der Waals surface area contributed by atoms with E-state index in [0.717, 1.165) is 23.5 Å². The fourth-order valence-corrected chi connectivity index (χ4v) is 1.92. The Morgan fingerprint density at radius 2 is 1.94 bits per heavy atom. The van der Waals surface area contributed by atoms with E-state index in [2.05, 4.69) is 32.0 Å². The minimum atomic E-state index is 0.491. The number of nitrogens with two attached hydrogens (primary N) is 1. The van der Waals surface area contributed by atoms with Crippen LogP contribution < -0.4 is 10.5 Å². The zero-order valence-corrected chi connectivity index (χ0v) is 10.9. The zero-order chi connectivity index (χ0) is 13.0. The number of aryl methyl sites for hydroxylation is 2. The molecule has 0 saturated heterocycles. The predicted molar refractivity (Wildman–Crippen MR) is 75.0 cm³/mol. The number of benzene rings is 2. The van der Waals surface area contributed by atoms with E-state index in [4.69, 9.17) is 10.5 Å². The van der Waals surface area contributed by atoms with Crippen molar-refractivity contribution in [2.75, 3.05) is 0 Å². The molecule has 0 atom stereocenters. The molecule has 0 fully saturated rings. The normalized spacial score (nSPS) is 10.4. The third-order valence-corrected chi connectivity index (χ3v) is 2.97. The number of hydrogen-bond acceptors (Lipinski definition) is 2. The molecule has 0 unspecified atom stereocenters. The van der Waals surface area contributed by atoms with Crippen LogP contribution in [0, 0.1) is 6.92 Å². The van der Waals surface area contributed by atoms with E-state index in [1.165, 1.54) is 11.1 Å². The second-order valence-corrected chi connectivity index (χ2v) is 4.42. The van der Waals surface area contributed by atoms with E-state index in [9.17, 15) is 0 Å². The van der Waals surface area contributed by atoms with Crippen LogP contribution in [0.3, 0.4) is 0 Å². The number of ether oxygens (including phenoxy) is 1. The van der Waals surface area contributed by atoms with Crippen LogP contribution in [-0.2, 0) is 13.0 Å². The minimum Gasteiger partial charge on any atom is -0.457 e. The van der Waals surface area contributed by atoms with Gasteiger partial charge in [-0.3, -0.25) is 0 Å². The molecule has 0 heterocycles. The predicted octanol–water partition coefficient (Wildman–Crippen LogP) is 3.81. The fraction of sp³-hybridized carbons (Fsp3) is 0.250.